The monoisotopic (exact) mass is 395 g/mol. The minimum absolute atomic E-state index is 0.815. The lowest BCUT2D eigenvalue weighted by Gasteiger charge is -2.36. The number of aliphatic imine (C=N–C) groups is 1. The molecule has 0 bridgehead atoms. The molecule has 7 nitrogen and oxygen atoms in total. The van der Waals surface area contributed by atoms with Crippen LogP contribution in [-0.2, 0) is 13.0 Å². The molecule has 3 heterocycles. The van der Waals surface area contributed by atoms with Crippen LogP contribution in [0.2, 0.25) is 0 Å². The van der Waals surface area contributed by atoms with Crippen molar-refractivity contribution in [2.75, 3.05) is 44.2 Å². The van der Waals surface area contributed by atoms with Crippen LogP contribution in [0.1, 0.15) is 33.3 Å². The second-order valence-corrected chi connectivity index (χ2v) is 7.24. The van der Waals surface area contributed by atoms with E-state index in [2.05, 4.69) is 64.1 Å². The molecule has 3 rings (SSSR count). The zero-order valence-electron chi connectivity index (χ0n) is 18.2. The Morgan fingerprint density at radius 1 is 1.17 bits per heavy atom. The Bertz CT molecular complexity index is 845. The fraction of sp³-hybridized carbons (Fsp3) is 0.545. The van der Waals surface area contributed by atoms with E-state index in [9.17, 15) is 0 Å². The van der Waals surface area contributed by atoms with Gasteiger partial charge in [0.15, 0.2) is 0 Å². The minimum atomic E-state index is 0.815. The summed E-state index contributed by atoms with van der Waals surface area (Å²) in [7, 11) is 0. The highest BCUT2D eigenvalue weighted by Crippen LogP contribution is 2.25. The van der Waals surface area contributed by atoms with Gasteiger partial charge < -0.3 is 4.90 Å². The van der Waals surface area contributed by atoms with Gasteiger partial charge in [-0.25, -0.2) is 0 Å². The maximum atomic E-state index is 4.76. The van der Waals surface area contributed by atoms with Crippen molar-refractivity contribution in [1.29, 1.82) is 0 Å². The molecule has 1 aliphatic heterocycles. The number of aryl methyl sites for hydroxylation is 2. The fourth-order valence-corrected chi connectivity index (χ4v) is 3.68. The molecule has 7 heteroatoms. The lowest BCUT2D eigenvalue weighted by atomic mass is 10.1. The first-order valence-electron chi connectivity index (χ1n) is 10.7. The summed E-state index contributed by atoms with van der Waals surface area (Å²) in [6.45, 7) is 15.0. The lowest BCUT2D eigenvalue weighted by molar-refractivity contribution is 0.292. The molecule has 0 aliphatic carbocycles. The van der Waals surface area contributed by atoms with Crippen LogP contribution in [0.25, 0.3) is 11.4 Å². The van der Waals surface area contributed by atoms with E-state index < -0.39 is 0 Å². The summed E-state index contributed by atoms with van der Waals surface area (Å²) in [6.07, 6.45) is 9.08. The van der Waals surface area contributed by atoms with Crippen molar-refractivity contribution in [1.82, 2.24) is 24.9 Å². The van der Waals surface area contributed by atoms with Crippen LogP contribution in [0.5, 0.6) is 0 Å². The summed E-state index contributed by atoms with van der Waals surface area (Å²) in [5, 5.41) is 8.44. The molecular weight excluding hydrogens is 362 g/mol. The molecular formula is C22H33N7. The van der Waals surface area contributed by atoms with E-state index in [4.69, 9.17) is 4.98 Å². The third kappa shape index (κ3) is 5.29. The van der Waals surface area contributed by atoms with Gasteiger partial charge in [0, 0.05) is 51.5 Å². The third-order valence-corrected chi connectivity index (χ3v) is 5.28. The summed E-state index contributed by atoms with van der Waals surface area (Å²) in [4.78, 5) is 14.3. The topological polar surface area (TPSA) is 62.4 Å². The van der Waals surface area contributed by atoms with Crippen LogP contribution in [0, 0.1) is 0 Å². The number of anilines is 1. The van der Waals surface area contributed by atoms with Crippen LogP contribution in [0.15, 0.2) is 35.6 Å². The van der Waals surface area contributed by atoms with Gasteiger partial charge in [0.1, 0.15) is 5.69 Å². The summed E-state index contributed by atoms with van der Waals surface area (Å²) < 4.78 is 1.84. The van der Waals surface area contributed by atoms with Crippen LogP contribution in [0.3, 0.4) is 0 Å². The van der Waals surface area contributed by atoms with E-state index in [1.165, 1.54) is 17.0 Å². The van der Waals surface area contributed by atoms with Crippen molar-refractivity contribution in [3.63, 3.8) is 0 Å². The predicted octanol–water partition coefficient (Wildman–Crippen LogP) is 3.08. The lowest BCUT2D eigenvalue weighted by Crippen LogP contribution is -2.47. The van der Waals surface area contributed by atoms with Crippen LogP contribution in [0.4, 0.5) is 5.69 Å². The smallest absolute Gasteiger partial charge is 0.131 e. The number of hydrogen-bond donors (Lipinski definition) is 0. The first kappa shape index (κ1) is 21.2. The second kappa shape index (κ2) is 10.3. The average molecular weight is 396 g/mol. The van der Waals surface area contributed by atoms with Crippen LogP contribution < -0.4 is 4.90 Å². The van der Waals surface area contributed by atoms with Gasteiger partial charge in [-0.1, -0.05) is 18.2 Å². The van der Waals surface area contributed by atoms with E-state index in [1.54, 1.807) is 0 Å². The van der Waals surface area contributed by atoms with Crippen LogP contribution >= 0.6 is 0 Å². The second-order valence-electron chi connectivity index (χ2n) is 7.24. The van der Waals surface area contributed by atoms with Crippen LogP contribution in [-0.4, -0.2) is 69.9 Å². The van der Waals surface area contributed by atoms with E-state index in [0.717, 1.165) is 63.6 Å². The minimum Gasteiger partial charge on any atom is -0.368 e. The number of rotatable bonds is 8. The van der Waals surface area contributed by atoms with Crippen molar-refractivity contribution in [2.24, 2.45) is 4.99 Å². The van der Waals surface area contributed by atoms with Gasteiger partial charge in [-0.15, -0.1) is 5.10 Å². The van der Waals surface area contributed by atoms with E-state index in [0.29, 0.717) is 0 Å². The number of allylic oxidation sites excluding steroid dienone is 1. The van der Waals surface area contributed by atoms with E-state index in [-0.39, 0.29) is 0 Å². The maximum absolute atomic E-state index is 4.76. The molecule has 0 spiro atoms. The van der Waals surface area contributed by atoms with Gasteiger partial charge in [-0.2, -0.15) is 0 Å². The molecule has 29 heavy (non-hydrogen) atoms. The molecule has 1 saturated heterocycles. The van der Waals surface area contributed by atoms with Gasteiger partial charge >= 0.3 is 0 Å². The van der Waals surface area contributed by atoms with Gasteiger partial charge in [0.25, 0.3) is 0 Å². The highest BCUT2D eigenvalue weighted by atomic mass is 15.4. The van der Waals surface area contributed by atoms with Crippen molar-refractivity contribution in [3.05, 3.63) is 36.2 Å². The molecule has 0 unspecified atom stereocenters. The van der Waals surface area contributed by atoms with Crippen molar-refractivity contribution < 1.29 is 0 Å². The van der Waals surface area contributed by atoms with Crippen molar-refractivity contribution in [2.45, 2.75) is 40.7 Å². The standard InChI is InChI=1S/C22H33N7/c1-5-9-19(23-7-3)16-27-10-12-28(13-11-27)20-14-18(6-2)22(24-15-20)21-17-29(8-4)26-25-21/h5,9,14-15,17H,6-8,10-13,16H2,1-4H3/b9-5-,23-19?. The number of piperazine rings is 1. The number of hydrogen-bond acceptors (Lipinski definition) is 6. The Labute approximate surface area is 174 Å². The maximum Gasteiger partial charge on any atom is 0.131 e. The summed E-state index contributed by atoms with van der Waals surface area (Å²) in [6, 6.07) is 2.27. The molecule has 0 amide bonds. The van der Waals surface area contributed by atoms with Gasteiger partial charge in [-0.05, 0) is 44.9 Å². The Kier molecular flexibility index (Phi) is 7.52. The Balaban J connectivity index is 1.67. The van der Waals surface area contributed by atoms with E-state index >= 15 is 0 Å². The molecule has 156 valence electrons. The van der Waals surface area contributed by atoms with Gasteiger partial charge in [0.2, 0.25) is 0 Å². The van der Waals surface area contributed by atoms with Gasteiger partial charge in [0.05, 0.1) is 23.8 Å². The fourth-order valence-electron chi connectivity index (χ4n) is 3.68. The highest BCUT2D eigenvalue weighted by molar-refractivity contribution is 5.96. The zero-order chi connectivity index (χ0) is 20.6. The molecule has 1 aliphatic rings. The molecule has 2 aromatic heterocycles. The molecule has 0 N–H and O–H groups in total. The summed E-state index contributed by atoms with van der Waals surface area (Å²) in [5.74, 6) is 0. The summed E-state index contributed by atoms with van der Waals surface area (Å²) in [5.41, 5.74) is 5.39. The SMILES string of the molecule is C/C=C\C(CN1CCN(c2cnc(-c3cn(CC)nn3)c(CC)c2)CC1)=NCC. The number of aromatic nitrogens is 4. The largest absolute Gasteiger partial charge is 0.368 e. The Hall–Kier alpha value is -2.54. The Morgan fingerprint density at radius 2 is 1.97 bits per heavy atom. The third-order valence-electron chi connectivity index (χ3n) is 5.28. The number of nitrogens with zero attached hydrogens (tertiary/aromatic N) is 7. The Morgan fingerprint density at radius 3 is 2.59 bits per heavy atom. The highest BCUT2D eigenvalue weighted by Gasteiger charge is 2.19. The molecule has 0 atom stereocenters. The first-order valence-corrected chi connectivity index (χ1v) is 10.7. The van der Waals surface area contributed by atoms with Crippen molar-refractivity contribution >= 4 is 11.4 Å². The normalized spacial score (nSPS) is 16.1. The van der Waals surface area contributed by atoms with E-state index in [1.807, 2.05) is 24.0 Å². The molecule has 0 aromatic carbocycles. The zero-order valence-corrected chi connectivity index (χ0v) is 18.2. The molecule has 1 fully saturated rings. The van der Waals surface area contributed by atoms with Gasteiger partial charge in [-0.3, -0.25) is 19.6 Å². The quantitative estimate of drug-likeness (QED) is 0.643. The summed E-state index contributed by atoms with van der Waals surface area (Å²) >= 11 is 0. The molecule has 0 saturated carbocycles. The van der Waals surface area contributed by atoms with Crippen molar-refractivity contribution in [3.8, 4) is 11.4 Å². The average Bonchev–Trinajstić information content (AvgIpc) is 3.23. The molecule has 0 radical (unpaired) electrons. The number of pyridine rings is 1. The predicted molar refractivity (Wildman–Crippen MR) is 120 cm³/mol. The molecule has 2 aromatic rings. The first-order chi connectivity index (χ1) is 14.2.